The lowest BCUT2D eigenvalue weighted by Gasteiger charge is -2.06. The summed E-state index contributed by atoms with van der Waals surface area (Å²) in [6.07, 6.45) is 4.48. The van der Waals surface area contributed by atoms with Gasteiger partial charge in [-0.2, -0.15) is 4.73 Å². The van der Waals surface area contributed by atoms with Gasteiger partial charge in [0.15, 0.2) is 0 Å². The lowest BCUT2D eigenvalue weighted by atomic mass is 10.1. The molecule has 0 aliphatic rings. The molecule has 1 heterocycles. The Bertz CT molecular complexity index is 919. The van der Waals surface area contributed by atoms with E-state index < -0.39 is 0 Å². The van der Waals surface area contributed by atoms with Crippen molar-refractivity contribution < 1.29 is 4.73 Å². The first kappa shape index (κ1) is 15.3. The fraction of sp³-hybridized carbons (Fsp3) is 0.300. The van der Waals surface area contributed by atoms with Gasteiger partial charge >= 0.3 is 0 Å². The van der Waals surface area contributed by atoms with Crippen molar-refractivity contribution >= 4 is 22.1 Å². The molecule has 0 saturated heterocycles. The first-order valence-corrected chi connectivity index (χ1v) is 8.11. The molecule has 2 aromatic carbocycles. The monoisotopic (exact) mass is 304 g/mol. The lowest BCUT2D eigenvalue weighted by Crippen LogP contribution is -2.28. The van der Waals surface area contributed by atoms with Crippen LogP contribution in [0.3, 0.4) is 0 Å². The van der Waals surface area contributed by atoms with Crippen LogP contribution in [-0.4, -0.2) is 4.98 Å². The Morgan fingerprint density at radius 1 is 1.04 bits per heavy atom. The third-order valence-corrected chi connectivity index (χ3v) is 3.92. The molecule has 0 unspecified atom stereocenters. The summed E-state index contributed by atoms with van der Waals surface area (Å²) in [5, 5.41) is 12.5. The summed E-state index contributed by atoms with van der Waals surface area (Å²) >= 11 is 0. The van der Waals surface area contributed by atoms with Crippen LogP contribution < -0.4 is 4.73 Å². The number of aryl methyl sites for hydroxylation is 1. The second-order valence-corrected chi connectivity index (χ2v) is 5.86. The Kier molecular flexibility index (Phi) is 4.43. The molecule has 0 aliphatic carbocycles. The van der Waals surface area contributed by atoms with Crippen LogP contribution in [-0.2, 0) is 0 Å². The van der Waals surface area contributed by atoms with Crippen LogP contribution >= 0.6 is 0 Å². The zero-order valence-corrected chi connectivity index (χ0v) is 13.6. The first-order chi connectivity index (χ1) is 11.2. The van der Waals surface area contributed by atoms with Crippen LogP contribution in [0.25, 0.3) is 22.1 Å². The van der Waals surface area contributed by atoms with E-state index in [1.807, 2.05) is 43.3 Å². The van der Waals surface area contributed by atoms with E-state index >= 15 is 0 Å². The quantitative estimate of drug-likeness (QED) is 0.238. The highest BCUT2D eigenvalue weighted by atomic mass is 16.5. The van der Waals surface area contributed by atoms with Crippen molar-refractivity contribution in [1.82, 2.24) is 4.98 Å². The van der Waals surface area contributed by atoms with Crippen molar-refractivity contribution in [1.29, 1.82) is 0 Å². The number of nitrogens with zero attached hydrogens (tertiary/aromatic N) is 2. The largest absolute Gasteiger partial charge is 0.618 e. The van der Waals surface area contributed by atoms with Crippen molar-refractivity contribution in [2.45, 2.75) is 39.5 Å². The minimum Gasteiger partial charge on any atom is -0.618 e. The summed E-state index contributed by atoms with van der Waals surface area (Å²) < 4.78 is 0.961. The van der Waals surface area contributed by atoms with Crippen LogP contribution in [0.5, 0.6) is 0 Å². The van der Waals surface area contributed by atoms with Gasteiger partial charge in [-0.25, -0.2) is 4.98 Å². The minimum absolute atomic E-state index is 0.583. The van der Waals surface area contributed by atoms with Crippen LogP contribution in [0.2, 0.25) is 0 Å². The molecule has 0 atom stereocenters. The third kappa shape index (κ3) is 3.27. The Labute approximate surface area is 136 Å². The molecular weight excluding hydrogens is 284 g/mol. The van der Waals surface area contributed by atoms with Crippen LogP contribution in [0.4, 0.5) is 0 Å². The number of aromatic nitrogens is 2. The Balaban J connectivity index is 1.99. The molecule has 0 radical (unpaired) electrons. The van der Waals surface area contributed by atoms with E-state index in [9.17, 15) is 5.21 Å². The summed E-state index contributed by atoms with van der Waals surface area (Å²) in [7, 11) is 0. The number of unbranched alkanes of at least 4 members (excludes halogenated alkanes) is 3. The zero-order valence-electron chi connectivity index (χ0n) is 13.6. The van der Waals surface area contributed by atoms with Crippen LogP contribution in [0, 0.1) is 24.0 Å². The van der Waals surface area contributed by atoms with Gasteiger partial charge in [-0.15, -0.1) is 0 Å². The Morgan fingerprint density at radius 2 is 1.91 bits per heavy atom. The predicted molar refractivity (Wildman–Crippen MR) is 94.0 cm³/mol. The lowest BCUT2D eigenvalue weighted by molar-refractivity contribution is -0.548. The average Bonchev–Trinajstić information content (AvgIpc) is 2.55. The predicted octanol–water partition coefficient (Wildman–Crippen LogP) is 4.26. The fourth-order valence-electron chi connectivity index (χ4n) is 2.64. The van der Waals surface area contributed by atoms with E-state index in [1.165, 1.54) is 12.8 Å². The van der Waals surface area contributed by atoms with Gasteiger partial charge in [-0.3, -0.25) is 0 Å². The smallest absolute Gasteiger partial charge is 0.243 e. The SMILES string of the molecule is CCCCCC#Cc1ccc2c(c1)nc1ccc(C)cc1[n+]2[O-]. The molecular formula is C20H20N2O. The highest BCUT2D eigenvalue weighted by Gasteiger charge is 2.12. The molecule has 23 heavy (non-hydrogen) atoms. The van der Waals surface area contributed by atoms with Crippen LogP contribution in [0.1, 0.15) is 43.7 Å². The molecule has 0 N–H and O–H groups in total. The summed E-state index contributed by atoms with van der Waals surface area (Å²) in [4.78, 5) is 4.61. The Hall–Kier alpha value is -2.60. The first-order valence-electron chi connectivity index (χ1n) is 8.11. The fourth-order valence-corrected chi connectivity index (χ4v) is 2.64. The van der Waals surface area contributed by atoms with Crippen molar-refractivity contribution in [3.8, 4) is 11.8 Å². The molecule has 0 spiro atoms. The van der Waals surface area contributed by atoms with Gasteiger partial charge in [-0.1, -0.05) is 37.7 Å². The van der Waals surface area contributed by atoms with Gasteiger partial charge in [0.05, 0.1) is 0 Å². The maximum absolute atomic E-state index is 12.5. The summed E-state index contributed by atoms with van der Waals surface area (Å²) in [5.74, 6) is 6.37. The summed E-state index contributed by atoms with van der Waals surface area (Å²) in [5.41, 5.74) is 4.56. The van der Waals surface area contributed by atoms with E-state index in [0.717, 1.165) is 28.7 Å². The molecule has 1 aromatic heterocycles. The van der Waals surface area contributed by atoms with Crippen molar-refractivity contribution in [2.24, 2.45) is 0 Å². The molecule has 0 saturated carbocycles. The molecule has 3 heteroatoms. The second kappa shape index (κ2) is 6.66. The summed E-state index contributed by atoms with van der Waals surface area (Å²) in [6.45, 7) is 4.16. The van der Waals surface area contributed by atoms with E-state index in [0.29, 0.717) is 22.1 Å². The third-order valence-electron chi connectivity index (χ3n) is 3.92. The van der Waals surface area contributed by atoms with Gasteiger partial charge < -0.3 is 5.21 Å². The normalized spacial score (nSPS) is 10.7. The molecule has 3 nitrogen and oxygen atoms in total. The Morgan fingerprint density at radius 3 is 2.74 bits per heavy atom. The van der Waals surface area contributed by atoms with Gasteiger partial charge in [-0.05, 0) is 37.1 Å². The standard InChI is InChI=1S/C20H20N2O/c1-3-4-5-6-7-8-16-10-12-19-18(14-16)21-17-11-9-15(2)13-20(17)22(19)23/h9-14H,3-6H2,1-2H3. The van der Waals surface area contributed by atoms with Gasteiger partial charge in [0.25, 0.3) is 0 Å². The molecule has 0 bridgehead atoms. The van der Waals surface area contributed by atoms with Gasteiger partial charge in [0.1, 0.15) is 11.0 Å². The number of hydrogen-bond donors (Lipinski definition) is 0. The molecule has 0 aliphatic heterocycles. The van der Waals surface area contributed by atoms with E-state index in [2.05, 4.69) is 23.7 Å². The van der Waals surface area contributed by atoms with Crippen molar-refractivity contribution in [2.75, 3.05) is 0 Å². The van der Waals surface area contributed by atoms with Crippen molar-refractivity contribution in [3.05, 3.63) is 52.7 Å². The zero-order chi connectivity index (χ0) is 16.2. The molecule has 3 rings (SSSR count). The van der Waals surface area contributed by atoms with Crippen LogP contribution in [0.15, 0.2) is 36.4 Å². The van der Waals surface area contributed by atoms with Gasteiger partial charge in [0, 0.05) is 24.1 Å². The number of fused-ring (bicyclic) bond motifs is 2. The molecule has 0 amide bonds. The molecule has 0 fully saturated rings. The topological polar surface area (TPSA) is 39.8 Å². The number of rotatable bonds is 3. The maximum Gasteiger partial charge on any atom is 0.243 e. The second-order valence-electron chi connectivity index (χ2n) is 5.86. The summed E-state index contributed by atoms with van der Waals surface area (Å²) in [6, 6.07) is 11.3. The molecule has 3 aromatic rings. The van der Waals surface area contributed by atoms with E-state index in [4.69, 9.17) is 0 Å². The van der Waals surface area contributed by atoms with Crippen molar-refractivity contribution in [3.63, 3.8) is 0 Å². The highest BCUT2D eigenvalue weighted by molar-refractivity contribution is 5.82. The number of hydrogen-bond acceptors (Lipinski definition) is 2. The maximum atomic E-state index is 12.5. The number of benzene rings is 2. The van der Waals surface area contributed by atoms with E-state index in [-0.39, 0.29) is 0 Å². The van der Waals surface area contributed by atoms with E-state index in [1.54, 1.807) is 0 Å². The van der Waals surface area contributed by atoms with Gasteiger partial charge in [0.2, 0.25) is 11.0 Å². The average molecular weight is 304 g/mol. The minimum atomic E-state index is 0.583. The highest BCUT2D eigenvalue weighted by Crippen LogP contribution is 2.16. The molecule has 116 valence electrons.